The highest BCUT2D eigenvalue weighted by Gasteiger charge is 2.52. The van der Waals surface area contributed by atoms with Crippen molar-refractivity contribution in [3.05, 3.63) is 99.5 Å². The second-order valence-corrected chi connectivity index (χ2v) is 7.91. The first-order chi connectivity index (χ1) is 12.3. The van der Waals surface area contributed by atoms with Crippen molar-refractivity contribution in [1.82, 2.24) is 4.98 Å². The Morgan fingerprint density at radius 2 is 1.48 bits per heavy atom. The van der Waals surface area contributed by atoms with Crippen LogP contribution in [0, 0.1) is 0 Å². The number of hydrogen-bond donors (Lipinski definition) is 0. The molecule has 0 unspecified atom stereocenters. The van der Waals surface area contributed by atoms with E-state index in [1.165, 1.54) is 38.3 Å². The van der Waals surface area contributed by atoms with Crippen molar-refractivity contribution >= 4 is 22.9 Å². The van der Waals surface area contributed by atoms with Crippen LogP contribution in [0.25, 0.3) is 21.7 Å². The Balaban J connectivity index is 1.88. The molecule has 1 spiro atoms. The average Bonchev–Trinajstić information content (AvgIpc) is 3.29. The van der Waals surface area contributed by atoms with Crippen molar-refractivity contribution in [2.24, 2.45) is 0 Å². The number of rotatable bonds is 0. The molecule has 1 nitrogen and oxygen atoms in total. The lowest BCUT2D eigenvalue weighted by atomic mass is 9.71. The summed E-state index contributed by atoms with van der Waals surface area (Å²) in [6, 6.07) is 21.8. The third kappa shape index (κ3) is 1.49. The fourth-order valence-corrected chi connectivity index (χ4v) is 5.78. The standard InChI is InChI=1S/C22H12ClNS/c23-13-11-19-20(24-12-13)21-18(9-10-25-21)22(19)16-7-3-1-5-14(16)15-6-2-4-8-17(15)22/h1-12H. The van der Waals surface area contributed by atoms with E-state index in [1.54, 1.807) is 17.5 Å². The Kier molecular flexibility index (Phi) is 2.54. The molecule has 4 aromatic rings. The van der Waals surface area contributed by atoms with Gasteiger partial charge in [0, 0.05) is 11.8 Å². The van der Waals surface area contributed by atoms with Crippen molar-refractivity contribution in [1.29, 1.82) is 0 Å². The van der Waals surface area contributed by atoms with Gasteiger partial charge in [0.2, 0.25) is 0 Å². The number of halogens is 1. The third-order valence-corrected chi connectivity index (χ3v) is 6.62. The van der Waals surface area contributed by atoms with Crippen LogP contribution in [0.5, 0.6) is 0 Å². The molecule has 118 valence electrons. The average molecular weight is 358 g/mol. The molecular formula is C22H12ClNS. The number of pyridine rings is 1. The number of hydrogen-bond acceptors (Lipinski definition) is 2. The smallest absolute Gasteiger partial charge is 0.0854 e. The van der Waals surface area contributed by atoms with Gasteiger partial charge in [-0.3, -0.25) is 4.98 Å². The number of nitrogens with zero attached hydrogens (tertiary/aromatic N) is 1. The van der Waals surface area contributed by atoms with Crippen LogP contribution < -0.4 is 0 Å². The summed E-state index contributed by atoms with van der Waals surface area (Å²) in [6.45, 7) is 0. The molecule has 2 aliphatic rings. The van der Waals surface area contributed by atoms with Gasteiger partial charge in [-0.1, -0.05) is 60.1 Å². The fraction of sp³-hybridized carbons (Fsp3) is 0.0455. The monoisotopic (exact) mass is 357 g/mol. The van der Waals surface area contributed by atoms with E-state index in [9.17, 15) is 0 Å². The van der Waals surface area contributed by atoms with Gasteiger partial charge in [0.15, 0.2) is 0 Å². The Morgan fingerprint density at radius 3 is 2.20 bits per heavy atom. The molecule has 0 atom stereocenters. The summed E-state index contributed by atoms with van der Waals surface area (Å²) >= 11 is 8.16. The molecule has 2 aromatic heterocycles. The van der Waals surface area contributed by atoms with Crippen molar-refractivity contribution in [2.75, 3.05) is 0 Å². The predicted octanol–water partition coefficient (Wildman–Crippen LogP) is 6.14. The van der Waals surface area contributed by atoms with Crippen molar-refractivity contribution in [2.45, 2.75) is 5.41 Å². The molecule has 0 fully saturated rings. The first kappa shape index (κ1) is 13.8. The van der Waals surface area contributed by atoms with Crippen LogP contribution in [0.15, 0.2) is 72.2 Å². The molecule has 0 bridgehead atoms. The van der Waals surface area contributed by atoms with Crippen LogP contribution in [0.1, 0.15) is 22.3 Å². The highest BCUT2D eigenvalue weighted by Crippen LogP contribution is 2.63. The normalized spacial score (nSPS) is 14.9. The Hall–Kier alpha value is -2.42. The molecule has 6 rings (SSSR count). The number of benzene rings is 2. The quantitative estimate of drug-likeness (QED) is 0.318. The van der Waals surface area contributed by atoms with Gasteiger partial charge in [-0.05, 0) is 45.3 Å². The van der Waals surface area contributed by atoms with E-state index < -0.39 is 0 Å². The Labute approximate surface area is 154 Å². The molecule has 0 N–H and O–H groups in total. The van der Waals surface area contributed by atoms with E-state index in [0.29, 0.717) is 5.02 Å². The van der Waals surface area contributed by atoms with Crippen molar-refractivity contribution in [3.8, 4) is 21.7 Å². The van der Waals surface area contributed by atoms with Crippen molar-refractivity contribution in [3.63, 3.8) is 0 Å². The molecule has 3 heteroatoms. The van der Waals surface area contributed by atoms with E-state index in [4.69, 9.17) is 16.6 Å². The first-order valence-corrected chi connectivity index (χ1v) is 9.51. The van der Waals surface area contributed by atoms with E-state index in [0.717, 1.165) is 5.69 Å². The molecule has 2 aromatic carbocycles. The summed E-state index contributed by atoms with van der Waals surface area (Å²) in [6.07, 6.45) is 1.76. The lowest BCUT2D eigenvalue weighted by Crippen LogP contribution is -2.25. The van der Waals surface area contributed by atoms with Gasteiger partial charge in [-0.15, -0.1) is 11.3 Å². The predicted molar refractivity (Wildman–Crippen MR) is 103 cm³/mol. The van der Waals surface area contributed by atoms with Gasteiger partial charge in [0.25, 0.3) is 0 Å². The number of thiophene rings is 1. The molecule has 0 aliphatic heterocycles. The molecule has 2 heterocycles. The van der Waals surface area contributed by atoms with Gasteiger partial charge in [0.05, 0.1) is 21.0 Å². The van der Waals surface area contributed by atoms with E-state index in [-0.39, 0.29) is 5.41 Å². The minimum Gasteiger partial charge on any atom is -0.253 e. The molecular weight excluding hydrogens is 346 g/mol. The Morgan fingerprint density at radius 1 is 0.800 bits per heavy atom. The van der Waals surface area contributed by atoms with E-state index >= 15 is 0 Å². The van der Waals surface area contributed by atoms with Gasteiger partial charge in [0.1, 0.15) is 0 Å². The number of fused-ring (bicyclic) bond motifs is 10. The zero-order valence-electron chi connectivity index (χ0n) is 13.2. The maximum Gasteiger partial charge on any atom is 0.0854 e. The van der Waals surface area contributed by atoms with Crippen LogP contribution in [0.2, 0.25) is 5.02 Å². The molecule has 0 saturated heterocycles. The lowest BCUT2D eigenvalue weighted by molar-refractivity contribution is 0.793. The topological polar surface area (TPSA) is 12.9 Å². The molecule has 2 aliphatic carbocycles. The highest BCUT2D eigenvalue weighted by atomic mass is 35.5. The summed E-state index contributed by atoms with van der Waals surface area (Å²) < 4.78 is 0. The molecule has 0 saturated carbocycles. The van der Waals surface area contributed by atoms with Gasteiger partial charge >= 0.3 is 0 Å². The van der Waals surface area contributed by atoms with Gasteiger partial charge < -0.3 is 0 Å². The minimum atomic E-state index is -0.296. The maximum atomic E-state index is 6.39. The number of aromatic nitrogens is 1. The summed E-state index contributed by atoms with van der Waals surface area (Å²) in [5, 5.41) is 2.87. The summed E-state index contributed by atoms with van der Waals surface area (Å²) in [7, 11) is 0. The van der Waals surface area contributed by atoms with Crippen LogP contribution in [0.4, 0.5) is 0 Å². The lowest BCUT2D eigenvalue weighted by Gasteiger charge is -2.29. The first-order valence-electron chi connectivity index (χ1n) is 8.25. The summed E-state index contributed by atoms with van der Waals surface area (Å²) in [5.74, 6) is 0. The van der Waals surface area contributed by atoms with E-state index in [2.05, 4.69) is 66.0 Å². The molecule has 0 radical (unpaired) electrons. The largest absolute Gasteiger partial charge is 0.253 e. The minimum absolute atomic E-state index is 0.296. The zero-order chi connectivity index (χ0) is 16.6. The fourth-order valence-electron chi connectivity index (χ4n) is 4.65. The third-order valence-electron chi connectivity index (χ3n) is 5.49. The highest BCUT2D eigenvalue weighted by molar-refractivity contribution is 7.13. The van der Waals surface area contributed by atoms with Crippen LogP contribution in [-0.4, -0.2) is 4.98 Å². The maximum absolute atomic E-state index is 6.39. The van der Waals surface area contributed by atoms with Crippen LogP contribution in [-0.2, 0) is 5.41 Å². The van der Waals surface area contributed by atoms with E-state index in [1.807, 2.05) is 0 Å². The van der Waals surface area contributed by atoms with Crippen LogP contribution in [0.3, 0.4) is 0 Å². The second kappa shape index (κ2) is 4.60. The summed E-state index contributed by atoms with van der Waals surface area (Å²) in [4.78, 5) is 5.98. The molecule has 25 heavy (non-hydrogen) atoms. The molecule has 0 amide bonds. The van der Waals surface area contributed by atoms with Gasteiger partial charge in [-0.2, -0.15) is 0 Å². The zero-order valence-corrected chi connectivity index (χ0v) is 14.7. The van der Waals surface area contributed by atoms with Gasteiger partial charge in [-0.25, -0.2) is 0 Å². The SMILES string of the molecule is Clc1cnc2c(c1)C1(c3ccccc3-c3ccccc31)c1ccsc1-2. The second-order valence-electron chi connectivity index (χ2n) is 6.55. The Bertz CT molecular complexity index is 1130. The van der Waals surface area contributed by atoms with Crippen LogP contribution >= 0.6 is 22.9 Å². The van der Waals surface area contributed by atoms with Crippen molar-refractivity contribution < 1.29 is 0 Å². The summed E-state index contributed by atoms with van der Waals surface area (Å²) in [5.41, 5.74) is 8.60.